The zero-order valence-electron chi connectivity index (χ0n) is 8.57. The van der Waals surface area contributed by atoms with Gasteiger partial charge < -0.3 is 6.92 Å². The first-order valence-electron chi connectivity index (χ1n) is 4.36. The van der Waals surface area contributed by atoms with E-state index < -0.39 is 0 Å². The van der Waals surface area contributed by atoms with Crippen molar-refractivity contribution in [1.82, 2.24) is 0 Å². The Balaban J connectivity index is 0. The topological polar surface area (TPSA) is 0 Å². The van der Waals surface area contributed by atoms with Gasteiger partial charge in [0.2, 0.25) is 0 Å². The van der Waals surface area contributed by atoms with Crippen LogP contribution in [0.1, 0.15) is 40.0 Å². The molecule has 0 aromatic carbocycles. The standard InChI is InChI=1S/C10H19.BrH.Zn/c1-5-10(4)8-6-7-9(2)3;;/h7,10H,1,5-6,8H2,2-4H3;1H;/q-1;;+2/p-1/t10-;;/m1../s1. The van der Waals surface area contributed by atoms with E-state index in [9.17, 15) is 0 Å². The quantitative estimate of drug-likeness (QED) is 0.407. The Morgan fingerprint density at radius 2 is 2.00 bits per heavy atom. The van der Waals surface area contributed by atoms with E-state index in [2.05, 4.69) is 47.4 Å². The molecule has 0 N–H and O–H groups in total. The van der Waals surface area contributed by atoms with Crippen LogP contribution in [0, 0.1) is 12.8 Å². The van der Waals surface area contributed by atoms with Crippen molar-refractivity contribution in [3.63, 3.8) is 0 Å². The Morgan fingerprint density at radius 3 is 2.33 bits per heavy atom. The summed E-state index contributed by atoms with van der Waals surface area (Å²) in [4.78, 5) is 0. The summed E-state index contributed by atoms with van der Waals surface area (Å²) in [6.07, 6.45) is 5.87. The van der Waals surface area contributed by atoms with Gasteiger partial charge in [-0.05, 0) is 26.7 Å². The SMILES string of the molecule is [CH2-]C[C@@H](C)CCC=C(C)C.[Zn+][Br]. The predicted molar refractivity (Wildman–Crippen MR) is 56.7 cm³/mol. The Hall–Kier alpha value is 0.843. The van der Waals surface area contributed by atoms with E-state index in [-0.39, 0.29) is 0 Å². The van der Waals surface area contributed by atoms with Crippen LogP contribution in [0.3, 0.4) is 0 Å². The molecule has 0 radical (unpaired) electrons. The van der Waals surface area contributed by atoms with Crippen LogP contribution in [0.4, 0.5) is 0 Å². The second-order valence-corrected chi connectivity index (χ2v) is 3.25. The van der Waals surface area contributed by atoms with Gasteiger partial charge in [0.05, 0.1) is 0 Å². The molecule has 0 aliphatic rings. The maximum absolute atomic E-state index is 3.86. The molecule has 0 saturated heterocycles. The van der Waals surface area contributed by atoms with Crippen molar-refractivity contribution >= 4 is 13.6 Å². The number of halogens is 1. The third kappa shape index (κ3) is 13.4. The average Bonchev–Trinajstić information content (AvgIpc) is 2.07. The van der Waals surface area contributed by atoms with E-state index in [1.807, 2.05) is 0 Å². The van der Waals surface area contributed by atoms with Crippen LogP contribution < -0.4 is 0 Å². The Kier molecular flexibility index (Phi) is 15.1. The van der Waals surface area contributed by atoms with E-state index in [0.29, 0.717) is 0 Å². The van der Waals surface area contributed by atoms with E-state index in [0.717, 1.165) is 12.3 Å². The fourth-order valence-electron chi connectivity index (χ4n) is 0.801. The molecule has 0 amide bonds. The van der Waals surface area contributed by atoms with Gasteiger partial charge in [-0.2, -0.15) is 6.42 Å². The minimum atomic E-state index is 0.788. The van der Waals surface area contributed by atoms with Gasteiger partial charge in [-0.1, -0.05) is 24.5 Å². The van der Waals surface area contributed by atoms with Crippen molar-refractivity contribution in [1.29, 1.82) is 0 Å². The Morgan fingerprint density at radius 1 is 1.50 bits per heavy atom. The summed E-state index contributed by atoms with van der Waals surface area (Å²) >= 11 is 4.25. The molecule has 0 aliphatic carbocycles. The van der Waals surface area contributed by atoms with E-state index in [1.54, 1.807) is 0 Å². The van der Waals surface area contributed by atoms with Crippen LogP contribution in [0.15, 0.2) is 11.6 Å². The molecular formula is C10H19BrZn. The molecule has 0 fully saturated rings. The van der Waals surface area contributed by atoms with Gasteiger partial charge in [0.1, 0.15) is 0 Å². The molecule has 0 nitrogen and oxygen atoms in total. The predicted octanol–water partition coefficient (Wildman–Crippen LogP) is 4.44. The Bertz CT molecular complexity index is 106. The fourth-order valence-corrected chi connectivity index (χ4v) is 0.801. The van der Waals surface area contributed by atoms with Crippen LogP contribution >= 0.6 is 13.6 Å². The molecule has 68 valence electrons. The van der Waals surface area contributed by atoms with Crippen molar-refractivity contribution in [2.45, 2.75) is 40.0 Å². The zero-order valence-corrected chi connectivity index (χ0v) is 13.1. The second kappa shape index (κ2) is 11.8. The average molecular weight is 285 g/mol. The summed E-state index contributed by atoms with van der Waals surface area (Å²) in [5, 5.41) is 0. The molecule has 0 bridgehead atoms. The number of hydrogen-bond donors (Lipinski definition) is 0. The molecule has 0 saturated carbocycles. The first-order valence-corrected chi connectivity index (χ1v) is 11.3. The summed E-state index contributed by atoms with van der Waals surface area (Å²) in [7, 11) is 0. The summed E-state index contributed by atoms with van der Waals surface area (Å²) in [6.45, 7) is 10.4. The van der Waals surface area contributed by atoms with Gasteiger partial charge in [0.25, 0.3) is 0 Å². The molecule has 2 heteroatoms. The summed E-state index contributed by atoms with van der Waals surface area (Å²) in [5.41, 5.74) is 1.43. The van der Waals surface area contributed by atoms with Crippen molar-refractivity contribution < 1.29 is 16.3 Å². The summed E-state index contributed by atoms with van der Waals surface area (Å²) in [6, 6.07) is 0. The first-order chi connectivity index (χ1) is 5.66. The van der Waals surface area contributed by atoms with Crippen molar-refractivity contribution in [2.75, 3.05) is 0 Å². The molecule has 0 spiro atoms. The molecule has 0 aromatic heterocycles. The minimum absolute atomic E-state index is 0.788. The summed E-state index contributed by atoms with van der Waals surface area (Å²) < 4.78 is 0. The van der Waals surface area contributed by atoms with Gasteiger partial charge in [-0.25, -0.2) is 0 Å². The van der Waals surface area contributed by atoms with Crippen LogP contribution in [0.25, 0.3) is 0 Å². The van der Waals surface area contributed by atoms with Crippen LogP contribution in [0.5, 0.6) is 0 Å². The normalized spacial score (nSPS) is 11.2. The second-order valence-electron chi connectivity index (χ2n) is 3.25. The van der Waals surface area contributed by atoms with Crippen molar-refractivity contribution in [3.8, 4) is 0 Å². The van der Waals surface area contributed by atoms with Gasteiger partial charge in [0.15, 0.2) is 0 Å². The third-order valence-electron chi connectivity index (χ3n) is 1.70. The first kappa shape index (κ1) is 15.3. The van der Waals surface area contributed by atoms with Gasteiger partial charge >= 0.3 is 30.0 Å². The third-order valence-corrected chi connectivity index (χ3v) is 1.70. The van der Waals surface area contributed by atoms with Gasteiger partial charge in [-0.3, -0.25) is 0 Å². The summed E-state index contributed by atoms with van der Waals surface area (Å²) in [5.74, 6) is 0.788. The van der Waals surface area contributed by atoms with E-state index in [1.165, 1.54) is 34.8 Å². The molecular weight excluding hydrogens is 265 g/mol. The van der Waals surface area contributed by atoms with Crippen LogP contribution in [0.2, 0.25) is 0 Å². The van der Waals surface area contributed by atoms with Crippen molar-refractivity contribution in [3.05, 3.63) is 18.6 Å². The van der Waals surface area contributed by atoms with Gasteiger partial charge in [0, 0.05) is 0 Å². The number of hydrogen-bond acceptors (Lipinski definition) is 0. The molecule has 0 rings (SSSR count). The number of rotatable bonds is 4. The van der Waals surface area contributed by atoms with Crippen molar-refractivity contribution in [2.24, 2.45) is 5.92 Å². The monoisotopic (exact) mass is 282 g/mol. The van der Waals surface area contributed by atoms with Gasteiger partial charge in [-0.15, -0.1) is 0 Å². The van der Waals surface area contributed by atoms with E-state index in [4.69, 9.17) is 0 Å². The molecule has 12 heavy (non-hydrogen) atoms. The zero-order chi connectivity index (χ0) is 9.98. The number of allylic oxidation sites excluding steroid dienone is 2. The van der Waals surface area contributed by atoms with E-state index >= 15 is 0 Å². The molecule has 1 atom stereocenters. The van der Waals surface area contributed by atoms with Crippen LogP contribution in [-0.4, -0.2) is 0 Å². The fraction of sp³-hybridized carbons (Fsp3) is 0.700. The molecule has 0 aromatic rings. The Labute approximate surface area is 94.2 Å². The van der Waals surface area contributed by atoms with Crippen LogP contribution in [-0.2, 0) is 16.3 Å². The molecule has 0 unspecified atom stereocenters. The maximum atomic E-state index is 3.86. The molecule has 0 heterocycles. The molecule has 0 aliphatic heterocycles.